The van der Waals surface area contributed by atoms with Crippen LogP contribution >= 0.6 is 11.3 Å². The van der Waals surface area contributed by atoms with Gasteiger partial charge in [0.05, 0.1) is 67.4 Å². The Morgan fingerprint density at radius 1 is 0.330 bits per heavy atom. The number of aromatic nitrogens is 2. The van der Waals surface area contributed by atoms with Gasteiger partial charge in [0.25, 0.3) is 6.71 Å². The predicted molar refractivity (Wildman–Crippen MR) is 477 cm³/mol. The number of thiophene rings is 1. The maximum Gasteiger partial charge on any atom is 0.252 e. The summed E-state index contributed by atoms with van der Waals surface area (Å²) in [5, 5.41) is 16.6. The quantitative estimate of drug-likeness (QED) is 0.128. The van der Waals surface area contributed by atoms with Crippen LogP contribution in [0.2, 0.25) is 0 Å². The molecule has 0 radical (unpaired) electrons. The molecule has 0 saturated carbocycles. The van der Waals surface area contributed by atoms with Crippen LogP contribution in [0.4, 0.5) is 34.1 Å². The van der Waals surface area contributed by atoms with E-state index in [9.17, 15) is 14.9 Å². The molecule has 112 heavy (non-hydrogen) atoms. The van der Waals surface area contributed by atoms with Crippen molar-refractivity contribution in [1.82, 2.24) is 9.13 Å². The first-order chi connectivity index (χ1) is 58.1. The van der Waals surface area contributed by atoms with Gasteiger partial charge in [-0.25, -0.2) is 0 Å². The molecule has 5 nitrogen and oxygen atoms in total. The highest BCUT2D eigenvalue weighted by Crippen LogP contribution is 2.54. The number of hydrogen-bond donors (Lipinski definition) is 0. The normalized spacial score (nSPS) is 13.7. The fourth-order valence-corrected chi connectivity index (χ4v) is 18.9. The molecule has 0 bridgehead atoms. The number of para-hydroxylation sites is 2. The fourth-order valence-electron chi connectivity index (χ4n) is 17.8. The molecular formula is C105H76BN5S. The van der Waals surface area contributed by atoms with Gasteiger partial charge < -0.3 is 18.9 Å². The van der Waals surface area contributed by atoms with Crippen LogP contribution in [0.25, 0.3) is 142 Å². The van der Waals surface area contributed by atoms with Crippen molar-refractivity contribution in [2.24, 2.45) is 0 Å². The van der Waals surface area contributed by atoms with Gasteiger partial charge in [0, 0.05) is 81.2 Å². The molecule has 5 heterocycles. The average Bonchev–Trinajstić information content (AvgIpc) is 0.964. The molecule has 2 aliphatic heterocycles. The standard InChI is InChI=1S/C105H76BN5S/c1-104(2,3)74-49-55-91(83(61-74)70-33-17-10-18-34-70)111-96-60-73(101-79(80-39-26-44-100-102(80)81-37-21-24-43-99(81)112-100)38-25-42-95(101)109-88-40-22-19-35-77(88)78-36-20-23-41-89(78)109)46-51-86(96)106-87-59-72(68-29-13-8-14-30-68)48-54-94(87)110(90-53-47-71(67-27-11-7-12-28-67)58-82(90)69-31-15-9-16-32-69)97-63-76(64-98(111)103(97)106)108-92-52-45-66(65-107)57-84(92)85-62-75(105(4,5)6)50-56-93(85)108/h7-64H,1-6H3/i8D,13D,14D,25D,29D,30D,38D,42D. The van der Waals surface area contributed by atoms with E-state index in [0.29, 0.717) is 33.5 Å². The summed E-state index contributed by atoms with van der Waals surface area (Å²) in [6.07, 6.45) is 0. The molecule has 0 amide bonds. The minimum Gasteiger partial charge on any atom is -0.311 e. The number of fused-ring (bicyclic) bond motifs is 13. The summed E-state index contributed by atoms with van der Waals surface area (Å²) in [5.74, 6) is 0. The van der Waals surface area contributed by atoms with E-state index in [1.807, 2.05) is 60.7 Å². The van der Waals surface area contributed by atoms with Crippen LogP contribution in [0.3, 0.4) is 0 Å². The maximum absolute atomic E-state index is 10.8. The number of hydrogen-bond acceptors (Lipinski definition) is 4. The first-order valence-electron chi connectivity index (χ1n) is 42.2. The topological polar surface area (TPSA) is 40.1 Å². The van der Waals surface area contributed by atoms with Crippen molar-refractivity contribution in [2.45, 2.75) is 52.4 Å². The van der Waals surface area contributed by atoms with Gasteiger partial charge >= 0.3 is 0 Å². The highest BCUT2D eigenvalue weighted by Gasteiger charge is 2.46. The zero-order valence-corrected chi connectivity index (χ0v) is 63.4. The van der Waals surface area contributed by atoms with Gasteiger partial charge in [0.1, 0.15) is 0 Å². The summed E-state index contributed by atoms with van der Waals surface area (Å²) in [4.78, 5) is 4.83. The smallest absolute Gasteiger partial charge is 0.252 e. The maximum atomic E-state index is 10.8. The molecule has 16 aromatic carbocycles. The number of nitrogens with zero attached hydrogens (tertiary/aromatic N) is 5. The van der Waals surface area contributed by atoms with E-state index in [0.717, 1.165) is 170 Å². The molecule has 0 aliphatic carbocycles. The Balaban J connectivity index is 0.964. The summed E-state index contributed by atoms with van der Waals surface area (Å²) in [7, 11) is 0. The van der Waals surface area contributed by atoms with E-state index < -0.39 is 24.8 Å². The van der Waals surface area contributed by atoms with Crippen LogP contribution in [-0.4, -0.2) is 15.8 Å². The molecule has 7 heteroatoms. The van der Waals surface area contributed by atoms with Crippen molar-refractivity contribution in [3.05, 3.63) is 368 Å². The summed E-state index contributed by atoms with van der Waals surface area (Å²) in [6, 6.07) is 106. The molecule has 0 unspecified atom stereocenters. The van der Waals surface area contributed by atoms with E-state index in [1.54, 1.807) is 11.3 Å². The highest BCUT2D eigenvalue weighted by molar-refractivity contribution is 7.26. The molecule has 0 N–H and O–H groups in total. The van der Waals surface area contributed by atoms with E-state index in [2.05, 4.69) is 309 Å². The monoisotopic (exact) mass is 1460 g/mol. The lowest BCUT2D eigenvalue weighted by Gasteiger charge is -2.45. The Morgan fingerprint density at radius 2 is 0.875 bits per heavy atom. The summed E-state index contributed by atoms with van der Waals surface area (Å²) >= 11 is 1.69. The van der Waals surface area contributed by atoms with Gasteiger partial charge in [-0.3, -0.25) is 0 Å². The number of nitriles is 1. The Morgan fingerprint density at radius 3 is 1.55 bits per heavy atom. The van der Waals surface area contributed by atoms with Crippen molar-refractivity contribution in [1.29, 1.82) is 5.26 Å². The molecule has 0 fully saturated rings. The molecule has 0 saturated heterocycles. The van der Waals surface area contributed by atoms with Crippen LogP contribution in [0, 0.1) is 11.3 Å². The SMILES string of the molecule is [2H]c1c([2H])c([2H])c(-c2ccc3c(c2)B2c4ccc(-c5c(-c6cccc7sc8ccccc8c67)c([2H])c([2H])c([2H])c5-n5c6ccccc6c6ccccc65)cc4N(c4ccc(C(C)(C)C)cc4-c4ccccc4)c4cc(-n5c6ccc(C#N)cc6c6cc(C(C)(C)C)ccc65)cc(c42)N3c2ccc(-c3ccccc3)cc2-c2ccccc2)c([2H])c1[2H]. The van der Waals surface area contributed by atoms with Crippen LogP contribution < -0.4 is 26.2 Å². The van der Waals surface area contributed by atoms with Gasteiger partial charge in [-0.05, 0) is 198 Å². The molecule has 0 atom stereocenters. The molecule has 3 aromatic heterocycles. The van der Waals surface area contributed by atoms with Crippen LogP contribution in [0.5, 0.6) is 0 Å². The van der Waals surface area contributed by atoms with E-state index in [4.69, 9.17) is 1.37 Å². The van der Waals surface area contributed by atoms with Gasteiger partial charge in [0.15, 0.2) is 0 Å². The van der Waals surface area contributed by atoms with Crippen molar-refractivity contribution in [3.8, 4) is 84.2 Å². The van der Waals surface area contributed by atoms with Gasteiger partial charge in [0.2, 0.25) is 0 Å². The zero-order valence-electron chi connectivity index (χ0n) is 70.6. The second-order valence-corrected chi connectivity index (χ2v) is 32.7. The molecule has 530 valence electrons. The Hall–Kier alpha value is -13.5. The summed E-state index contributed by atoms with van der Waals surface area (Å²) in [6.45, 7) is 12.7. The van der Waals surface area contributed by atoms with E-state index in [-0.39, 0.29) is 46.6 Å². The minimum absolute atomic E-state index is 0.0719. The molecular weight excluding hydrogens is 1370 g/mol. The molecule has 2 aliphatic rings. The van der Waals surface area contributed by atoms with Gasteiger partial charge in [-0.15, -0.1) is 11.3 Å². The number of rotatable bonds is 10. The fraction of sp³-hybridized carbons (Fsp3) is 0.0762. The molecule has 19 aromatic rings. The summed E-state index contributed by atoms with van der Waals surface area (Å²) in [5.41, 5.74) is 23.4. The first-order valence-corrected chi connectivity index (χ1v) is 39.0. The highest BCUT2D eigenvalue weighted by atomic mass is 32.1. The second kappa shape index (κ2) is 25.8. The van der Waals surface area contributed by atoms with E-state index >= 15 is 0 Å². The average molecular weight is 1460 g/mol. The van der Waals surface area contributed by atoms with Crippen molar-refractivity contribution in [2.75, 3.05) is 9.80 Å². The third kappa shape index (κ3) is 10.6. The lowest BCUT2D eigenvalue weighted by molar-refractivity contribution is 0.590. The first kappa shape index (κ1) is 58.5. The lowest BCUT2D eigenvalue weighted by atomic mass is 9.33. The third-order valence-electron chi connectivity index (χ3n) is 23.1. The summed E-state index contributed by atoms with van der Waals surface area (Å²) < 4.78 is 85.1. The number of benzene rings is 16. The van der Waals surface area contributed by atoms with Crippen molar-refractivity contribution < 1.29 is 11.0 Å². The molecule has 21 rings (SSSR count). The lowest BCUT2D eigenvalue weighted by Crippen LogP contribution is -2.61. The van der Waals surface area contributed by atoms with Crippen molar-refractivity contribution >= 4 is 132 Å². The van der Waals surface area contributed by atoms with Crippen LogP contribution in [0.15, 0.2) is 352 Å². The minimum atomic E-state index is -0.694. The largest absolute Gasteiger partial charge is 0.311 e. The Labute approximate surface area is 668 Å². The predicted octanol–water partition coefficient (Wildman–Crippen LogP) is 26.8. The van der Waals surface area contributed by atoms with Crippen molar-refractivity contribution in [3.63, 3.8) is 0 Å². The Kier molecular flexibility index (Phi) is 13.5. The Bertz CT molecular complexity index is 7560. The molecule has 0 spiro atoms. The van der Waals surface area contributed by atoms with Gasteiger partial charge in [-0.2, -0.15) is 5.26 Å². The zero-order chi connectivity index (χ0) is 82.2. The van der Waals surface area contributed by atoms with Crippen LogP contribution in [-0.2, 0) is 10.8 Å². The van der Waals surface area contributed by atoms with Crippen LogP contribution in [0.1, 0.15) is 69.2 Å². The van der Waals surface area contributed by atoms with E-state index in [1.165, 1.54) is 0 Å². The number of anilines is 6. The third-order valence-corrected chi connectivity index (χ3v) is 24.2. The van der Waals surface area contributed by atoms with Gasteiger partial charge in [-0.1, -0.05) is 284 Å². The second-order valence-electron chi connectivity index (χ2n) is 31.6.